The number of carbonyl (C=O) groups excluding carboxylic acids is 2. The Morgan fingerprint density at radius 1 is 1.13 bits per heavy atom. The van der Waals surface area contributed by atoms with Gasteiger partial charge in [0.2, 0.25) is 5.91 Å². The second-order valence-corrected chi connectivity index (χ2v) is 10.3. The van der Waals surface area contributed by atoms with Crippen molar-refractivity contribution in [1.29, 1.82) is 0 Å². The van der Waals surface area contributed by atoms with Crippen molar-refractivity contribution >= 4 is 39.5 Å². The molecule has 0 radical (unpaired) electrons. The molecule has 0 aromatic heterocycles. The SMILES string of the molecule is COc1cc(Cl)c(Br)cc1CCC(=O)N1CCN(C2CN(C(=O)OC(C)(C)C)C2)CC1. The summed E-state index contributed by atoms with van der Waals surface area (Å²) in [4.78, 5) is 30.8. The van der Waals surface area contributed by atoms with Crippen molar-refractivity contribution < 1.29 is 19.1 Å². The van der Waals surface area contributed by atoms with Crippen LogP contribution in [-0.4, -0.2) is 84.7 Å². The van der Waals surface area contributed by atoms with Crippen LogP contribution in [0.3, 0.4) is 0 Å². The van der Waals surface area contributed by atoms with Crippen LogP contribution >= 0.6 is 27.5 Å². The van der Waals surface area contributed by atoms with Crippen molar-refractivity contribution in [2.24, 2.45) is 0 Å². The van der Waals surface area contributed by atoms with Gasteiger partial charge in [-0.1, -0.05) is 11.6 Å². The van der Waals surface area contributed by atoms with Gasteiger partial charge >= 0.3 is 6.09 Å². The lowest BCUT2D eigenvalue weighted by Gasteiger charge is -2.48. The van der Waals surface area contributed by atoms with Gasteiger partial charge in [0.25, 0.3) is 0 Å². The molecule has 0 N–H and O–H groups in total. The standard InChI is InChI=1S/C22H31BrClN3O4/c1-22(2,3)31-21(29)27-13-16(14-27)25-7-9-26(10-8-25)20(28)6-5-15-11-17(23)18(24)12-19(15)30-4/h11-12,16H,5-10,13-14H2,1-4H3. The Balaban J connectivity index is 1.42. The van der Waals surface area contributed by atoms with Crippen molar-refractivity contribution in [3.63, 3.8) is 0 Å². The predicted octanol–water partition coefficient (Wildman–Crippen LogP) is 3.81. The first-order chi connectivity index (χ1) is 14.6. The molecule has 3 rings (SSSR count). The highest BCUT2D eigenvalue weighted by Crippen LogP contribution is 2.31. The first-order valence-corrected chi connectivity index (χ1v) is 11.8. The van der Waals surface area contributed by atoms with Crippen LogP contribution in [0.5, 0.6) is 5.75 Å². The third-order valence-corrected chi connectivity index (χ3v) is 6.83. The number of halogens is 2. The minimum absolute atomic E-state index is 0.150. The van der Waals surface area contributed by atoms with E-state index in [1.165, 1.54) is 0 Å². The monoisotopic (exact) mass is 515 g/mol. The van der Waals surface area contributed by atoms with E-state index < -0.39 is 5.60 Å². The highest BCUT2D eigenvalue weighted by Gasteiger charge is 2.38. The molecule has 2 aliphatic rings. The Morgan fingerprint density at radius 2 is 1.77 bits per heavy atom. The van der Waals surface area contributed by atoms with Gasteiger partial charge < -0.3 is 19.3 Å². The maximum Gasteiger partial charge on any atom is 0.410 e. The molecular weight excluding hydrogens is 486 g/mol. The summed E-state index contributed by atoms with van der Waals surface area (Å²) in [6.07, 6.45) is 0.785. The number of amides is 2. The summed E-state index contributed by atoms with van der Waals surface area (Å²) < 4.78 is 11.6. The molecule has 2 aliphatic heterocycles. The molecule has 0 spiro atoms. The van der Waals surface area contributed by atoms with Crippen LogP contribution in [0, 0.1) is 0 Å². The number of ether oxygens (including phenoxy) is 2. The molecule has 1 aromatic rings. The molecule has 1 aromatic carbocycles. The Hall–Kier alpha value is -1.51. The number of rotatable bonds is 5. The zero-order valence-electron chi connectivity index (χ0n) is 18.6. The summed E-state index contributed by atoms with van der Waals surface area (Å²) in [5, 5.41) is 0.587. The summed E-state index contributed by atoms with van der Waals surface area (Å²) in [5.41, 5.74) is 0.489. The number of piperazine rings is 1. The zero-order valence-corrected chi connectivity index (χ0v) is 21.0. The molecule has 2 saturated heterocycles. The number of carbonyl (C=O) groups is 2. The molecule has 2 heterocycles. The number of benzene rings is 1. The lowest BCUT2D eigenvalue weighted by Crippen LogP contribution is -2.64. The van der Waals surface area contributed by atoms with Crippen LogP contribution in [0.25, 0.3) is 0 Å². The van der Waals surface area contributed by atoms with Crippen molar-refractivity contribution in [2.75, 3.05) is 46.4 Å². The van der Waals surface area contributed by atoms with Gasteiger partial charge in [0.1, 0.15) is 11.4 Å². The fourth-order valence-corrected chi connectivity index (χ4v) is 4.40. The number of hydrogen-bond acceptors (Lipinski definition) is 5. The molecule has 9 heteroatoms. The van der Waals surface area contributed by atoms with Gasteiger partial charge in [-0.05, 0) is 54.8 Å². The second-order valence-electron chi connectivity index (χ2n) is 9.03. The quantitative estimate of drug-likeness (QED) is 0.596. The normalized spacial score (nSPS) is 18.0. The molecule has 0 saturated carbocycles. The van der Waals surface area contributed by atoms with Gasteiger partial charge in [-0.3, -0.25) is 9.69 Å². The van der Waals surface area contributed by atoms with Gasteiger partial charge in [0, 0.05) is 62.3 Å². The number of aryl methyl sites for hydroxylation is 1. The zero-order chi connectivity index (χ0) is 22.8. The molecule has 31 heavy (non-hydrogen) atoms. The molecule has 172 valence electrons. The summed E-state index contributed by atoms with van der Waals surface area (Å²) in [6, 6.07) is 4.03. The Bertz CT molecular complexity index is 816. The van der Waals surface area contributed by atoms with Gasteiger partial charge in [0.05, 0.1) is 12.1 Å². The molecule has 2 amide bonds. The van der Waals surface area contributed by atoms with E-state index in [2.05, 4.69) is 20.8 Å². The third-order valence-electron chi connectivity index (χ3n) is 5.63. The highest BCUT2D eigenvalue weighted by atomic mass is 79.9. The lowest BCUT2D eigenvalue weighted by molar-refractivity contribution is -0.133. The van der Waals surface area contributed by atoms with E-state index in [0.717, 1.165) is 23.1 Å². The van der Waals surface area contributed by atoms with Crippen LogP contribution in [0.2, 0.25) is 5.02 Å². The van der Waals surface area contributed by atoms with E-state index in [9.17, 15) is 9.59 Å². The van der Waals surface area contributed by atoms with E-state index in [0.29, 0.717) is 55.8 Å². The van der Waals surface area contributed by atoms with E-state index in [4.69, 9.17) is 21.1 Å². The van der Waals surface area contributed by atoms with E-state index in [1.807, 2.05) is 31.7 Å². The minimum atomic E-state index is -0.472. The molecule has 0 unspecified atom stereocenters. The largest absolute Gasteiger partial charge is 0.496 e. The first-order valence-electron chi connectivity index (χ1n) is 10.6. The first kappa shape index (κ1) is 24.1. The second kappa shape index (κ2) is 9.96. The molecule has 7 nitrogen and oxygen atoms in total. The highest BCUT2D eigenvalue weighted by molar-refractivity contribution is 9.10. The fraction of sp³-hybridized carbons (Fsp3) is 0.636. The number of methoxy groups -OCH3 is 1. The van der Waals surface area contributed by atoms with Gasteiger partial charge in [-0.15, -0.1) is 0 Å². The van der Waals surface area contributed by atoms with Crippen LogP contribution in [-0.2, 0) is 16.0 Å². The molecule has 0 atom stereocenters. The van der Waals surface area contributed by atoms with E-state index in [-0.39, 0.29) is 12.0 Å². The van der Waals surface area contributed by atoms with Crippen LogP contribution in [0.4, 0.5) is 4.79 Å². The van der Waals surface area contributed by atoms with Crippen LogP contribution < -0.4 is 4.74 Å². The van der Waals surface area contributed by atoms with Crippen molar-refractivity contribution in [3.05, 3.63) is 27.2 Å². The maximum atomic E-state index is 12.7. The topological polar surface area (TPSA) is 62.3 Å². The predicted molar refractivity (Wildman–Crippen MR) is 124 cm³/mol. The van der Waals surface area contributed by atoms with Crippen molar-refractivity contribution in [1.82, 2.24) is 14.7 Å². The lowest BCUT2D eigenvalue weighted by atomic mass is 10.1. The molecule has 2 fully saturated rings. The number of likely N-dealkylation sites (tertiary alicyclic amines) is 1. The van der Waals surface area contributed by atoms with Crippen molar-refractivity contribution in [2.45, 2.75) is 45.3 Å². The average Bonchev–Trinajstić information content (AvgIpc) is 2.66. The Kier molecular flexibility index (Phi) is 7.76. The van der Waals surface area contributed by atoms with Crippen LogP contribution in [0.15, 0.2) is 16.6 Å². The number of hydrogen-bond donors (Lipinski definition) is 0. The molecule has 0 bridgehead atoms. The summed E-state index contributed by atoms with van der Waals surface area (Å²) in [7, 11) is 1.61. The Labute approximate surface area is 197 Å². The van der Waals surface area contributed by atoms with Gasteiger partial charge in [-0.2, -0.15) is 0 Å². The van der Waals surface area contributed by atoms with Gasteiger partial charge in [0.15, 0.2) is 0 Å². The minimum Gasteiger partial charge on any atom is -0.496 e. The third kappa shape index (κ3) is 6.26. The van der Waals surface area contributed by atoms with Gasteiger partial charge in [-0.25, -0.2) is 4.79 Å². The van der Waals surface area contributed by atoms with Crippen LogP contribution in [0.1, 0.15) is 32.8 Å². The number of nitrogens with zero attached hydrogens (tertiary/aromatic N) is 3. The Morgan fingerprint density at radius 3 is 2.35 bits per heavy atom. The fourth-order valence-electron chi connectivity index (χ4n) is 3.85. The summed E-state index contributed by atoms with van der Waals surface area (Å²) in [6.45, 7) is 10.1. The smallest absolute Gasteiger partial charge is 0.410 e. The molecule has 0 aliphatic carbocycles. The molecular formula is C22H31BrClN3O4. The van der Waals surface area contributed by atoms with E-state index >= 15 is 0 Å². The maximum absolute atomic E-state index is 12.7. The van der Waals surface area contributed by atoms with Crippen molar-refractivity contribution in [3.8, 4) is 5.75 Å². The summed E-state index contributed by atoms with van der Waals surface area (Å²) in [5.74, 6) is 0.849. The average molecular weight is 517 g/mol. The summed E-state index contributed by atoms with van der Waals surface area (Å²) >= 11 is 9.56. The van der Waals surface area contributed by atoms with E-state index in [1.54, 1.807) is 18.1 Å².